The number of likely N-dealkylation sites (N-methyl/N-ethyl adjacent to an activating group) is 1. The van der Waals surface area contributed by atoms with Crippen molar-refractivity contribution in [1.82, 2.24) is 15.6 Å². The summed E-state index contributed by atoms with van der Waals surface area (Å²) in [4.78, 5) is 28.4. The predicted molar refractivity (Wildman–Crippen MR) is 110 cm³/mol. The molecule has 8 nitrogen and oxygen atoms in total. The molecule has 0 aliphatic carbocycles. The summed E-state index contributed by atoms with van der Waals surface area (Å²) in [5.74, 6) is 0.364. The number of thiazole rings is 1. The molecule has 0 spiro atoms. The van der Waals surface area contributed by atoms with Crippen molar-refractivity contribution in [3.63, 3.8) is 0 Å². The zero-order chi connectivity index (χ0) is 18.2. The molecule has 0 radical (unpaired) electrons. The molecule has 0 aliphatic heterocycles. The van der Waals surface area contributed by atoms with Crippen LogP contribution in [-0.4, -0.2) is 51.2 Å². The first-order valence-electron chi connectivity index (χ1n) is 7.50. The number of hydrogen-bond acceptors (Lipinski definition) is 7. The van der Waals surface area contributed by atoms with Crippen LogP contribution in [0.25, 0.3) is 0 Å². The number of benzene rings is 1. The van der Waals surface area contributed by atoms with Crippen LogP contribution < -0.4 is 25.4 Å². The Morgan fingerprint density at radius 3 is 2.41 bits per heavy atom. The van der Waals surface area contributed by atoms with E-state index in [4.69, 9.17) is 9.47 Å². The molecule has 1 aromatic heterocycles. The van der Waals surface area contributed by atoms with Crippen LogP contribution >= 0.6 is 36.2 Å². The number of aromatic nitrogens is 1. The summed E-state index contributed by atoms with van der Waals surface area (Å²) < 4.78 is 10.3. The topological polar surface area (TPSA) is 102 Å². The zero-order valence-electron chi connectivity index (χ0n) is 15.0. The molecule has 0 unspecified atom stereocenters. The Kier molecular flexibility index (Phi) is 11.4. The van der Waals surface area contributed by atoms with E-state index in [1.165, 1.54) is 25.6 Å². The van der Waals surface area contributed by atoms with E-state index in [-0.39, 0.29) is 42.3 Å². The van der Waals surface area contributed by atoms with Crippen molar-refractivity contribution < 1.29 is 19.1 Å². The van der Waals surface area contributed by atoms with E-state index in [1.54, 1.807) is 30.6 Å². The van der Waals surface area contributed by atoms with Gasteiger partial charge in [-0.25, -0.2) is 4.98 Å². The van der Waals surface area contributed by atoms with Crippen LogP contribution in [0.15, 0.2) is 23.6 Å². The van der Waals surface area contributed by atoms with Crippen molar-refractivity contribution in [2.24, 2.45) is 0 Å². The van der Waals surface area contributed by atoms with Crippen LogP contribution in [0, 0.1) is 0 Å². The summed E-state index contributed by atoms with van der Waals surface area (Å²) >= 11 is 1.18. The number of ether oxygens (including phenoxy) is 2. The molecular formula is C16H22Cl2N4O4S. The van der Waals surface area contributed by atoms with E-state index in [1.807, 2.05) is 0 Å². The standard InChI is InChI=1S/C16H20N4O4S.2ClH/c1-17-6-7-18-15(22)11-9-25-16(19-11)20-14(21)10-4-5-12(23-2)13(8-10)24-3;;/h4-5,8-9,17H,6-7H2,1-3H3,(H,18,22)(H,19,20,21);2*1H. The van der Waals surface area contributed by atoms with Gasteiger partial charge in [-0.3, -0.25) is 14.9 Å². The Balaban J connectivity index is 0.00000338. The smallest absolute Gasteiger partial charge is 0.270 e. The second-order valence-electron chi connectivity index (χ2n) is 4.92. The van der Waals surface area contributed by atoms with Gasteiger partial charge < -0.3 is 20.1 Å². The Hall–Kier alpha value is -2.07. The summed E-state index contributed by atoms with van der Waals surface area (Å²) in [7, 11) is 4.83. The summed E-state index contributed by atoms with van der Waals surface area (Å²) in [6.07, 6.45) is 0. The minimum atomic E-state index is -0.350. The monoisotopic (exact) mass is 436 g/mol. The van der Waals surface area contributed by atoms with E-state index in [2.05, 4.69) is 20.9 Å². The van der Waals surface area contributed by atoms with Gasteiger partial charge >= 0.3 is 0 Å². The minimum absolute atomic E-state index is 0. The van der Waals surface area contributed by atoms with Gasteiger partial charge in [0.15, 0.2) is 16.6 Å². The Morgan fingerprint density at radius 1 is 1.07 bits per heavy atom. The molecular weight excluding hydrogens is 415 g/mol. The number of nitrogens with one attached hydrogen (secondary N) is 3. The average molecular weight is 437 g/mol. The zero-order valence-corrected chi connectivity index (χ0v) is 17.5. The highest BCUT2D eigenvalue weighted by atomic mass is 35.5. The highest BCUT2D eigenvalue weighted by Crippen LogP contribution is 2.28. The van der Waals surface area contributed by atoms with Gasteiger partial charge in [-0.05, 0) is 25.2 Å². The Bertz CT molecular complexity index is 758. The summed E-state index contributed by atoms with van der Waals surface area (Å²) in [6, 6.07) is 4.85. The lowest BCUT2D eigenvalue weighted by Crippen LogP contribution is -2.30. The molecule has 27 heavy (non-hydrogen) atoms. The van der Waals surface area contributed by atoms with Gasteiger partial charge in [0.25, 0.3) is 11.8 Å². The van der Waals surface area contributed by atoms with Gasteiger partial charge in [-0.15, -0.1) is 36.2 Å². The number of halogens is 2. The van der Waals surface area contributed by atoms with E-state index < -0.39 is 0 Å². The van der Waals surface area contributed by atoms with Crippen LogP contribution in [0.5, 0.6) is 11.5 Å². The molecule has 1 heterocycles. The van der Waals surface area contributed by atoms with Crippen molar-refractivity contribution in [2.75, 3.05) is 39.7 Å². The normalized spacial score (nSPS) is 9.44. The van der Waals surface area contributed by atoms with Crippen LogP contribution in [0.3, 0.4) is 0 Å². The second-order valence-corrected chi connectivity index (χ2v) is 5.78. The first kappa shape index (κ1) is 24.9. The number of anilines is 1. The first-order valence-corrected chi connectivity index (χ1v) is 8.38. The maximum atomic E-state index is 12.3. The van der Waals surface area contributed by atoms with Gasteiger partial charge in [-0.1, -0.05) is 0 Å². The molecule has 1 aromatic carbocycles. The molecule has 3 N–H and O–H groups in total. The molecule has 11 heteroatoms. The summed E-state index contributed by atoms with van der Waals surface area (Å²) in [5.41, 5.74) is 0.664. The highest BCUT2D eigenvalue weighted by molar-refractivity contribution is 7.14. The molecule has 0 saturated heterocycles. The third kappa shape index (κ3) is 6.87. The van der Waals surface area contributed by atoms with Gasteiger partial charge in [0.05, 0.1) is 14.2 Å². The van der Waals surface area contributed by atoms with E-state index in [0.717, 1.165) is 0 Å². The van der Waals surface area contributed by atoms with E-state index in [9.17, 15) is 9.59 Å². The second kappa shape index (κ2) is 12.3. The molecule has 150 valence electrons. The number of carbonyl (C=O) groups excluding carboxylic acids is 2. The largest absolute Gasteiger partial charge is 0.493 e. The fraction of sp³-hybridized carbons (Fsp3) is 0.312. The third-order valence-electron chi connectivity index (χ3n) is 3.26. The quantitative estimate of drug-likeness (QED) is 0.548. The van der Waals surface area contributed by atoms with Crippen molar-refractivity contribution in [3.05, 3.63) is 34.8 Å². The van der Waals surface area contributed by atoms with Crippen molar-refractivity contribution >= 4 is 53.1 Å². The van der Waals surface area contributed by atoms with Crippen molar-refractivity contribution in [1.29, 1.82) is 0 Å². The van der Waals surface area contributed by atoms with Gasteiger partial charge in [-0.2, -0.15) is 0 Å². The van der Waals surface area contributed by atoms with Crippen LogP contribution in [0.4, 0.5) is 5.13 Å². The number of carbonyl (C=O) groups is 2. The highest BCUT2D eigenvalue weighted by Gasteiger charge is 2.14. The molecule has 2 aromatic rings. The number of nitrogens with zero attached hydrogens (tertiary/aromatic N) is 1. The Morgan fingerprint density at radius 2 is 1.78 bits per heavy atom. The number of amides is 2. The van der Waals surface area contributed by atoms with E-state index >= 15 is 0 Å². The number of methoxy groups -OCH3 is 2. The maximum absolute atomic E-state index is 12.3. The minimum Gasteiger partial charge on any atom is -0.493 e. The molecule has 0 fully saturated rings. The van der Waals surface area contributed by atoms with Crippen molar-refractivity contribution in [2.45, 2.75) is 0 Å². The molecule has 0 saturated carbocycles. The third-order valence-corrected chi connectivity index (χ3v) is 4.02. The van der Waals surface area contributed by atoms with Crippen LogP contribution in [0.2, 0.25) is 0 Å². The number of hydrogen-bond donors (Lipinski definition) is 3. The predicted octanol–water partition coefficient (Wildman–Crippen LogP) is 2.21. The maximum Gasteiger partial charge on any atom is 0.270 e. The van der Waals surface area contributed by atoms with Crippen LogP contribution in [0.1, 0.15) is 20.8 Å². The van der Waals surface area contributed by atoms with Gasteiger partial charge in [0.1, 0.15) is 5.69 Å². The Labute approximate surface area is 173 Å². The summed E-state index contributed by atoms with van der Waals surface area (Å²) in [5, 5.41) is 10.3. The molecule has 2 amide bonds. The molecule has 2 rings (SSSR count). The first-order chi connectivity index (χ1) is 12.1. The van der Waals surface area contributed by atoms with Gasteiger partial charge in [0, 0.05) is 24.0 Å². The molecule has 0 bridgehead atoms. The SMILES string of the molecule is CNCCNC(=O)c1csc(NC(=O)c2ccc(OC)c(OC)c2)n1.Cl.Cl. The fourth-order valence-electron chi connectivity index (χ4n) is 1.97. The van der Waals surface area contributed by atoms with E-state index in [0.29, 0.717) is 35.3 Å². The lowest BCUT2D eigenvalue weighted by Gasteiger charge is -2.09. The van der Waals surface area contributed by atoms with Crippen LogP contribution in [-0.2, 0) is 0 Å². The molecule has 0 atom stereocenters. The fourth-order valence-corrected chi connectivity index (χ4v) is 2.66. The lowest BCUT2D eigenvalue weighted by molar-refractivity contribution is 0.0948. The number of rotatable bonds is 8. The average Bonchev–Trinajstić information content (AvgIpc) is 3.09. The van der Waals surface area contributed by atoms with Crippen molar-refractivity contribution in [3.8, 4) is 11.5 Å². The summed E-state index contributed by atoms with van der Waals surface area (Å²) in [6.45, 7) is 1.17. The lowest BCUT2D eigenvalue weighted by atomic mass is 10.2. The van der Waals surface area contributed by atoms with Gasteiger partial charge in [0.2, 0.25) is 0 Å². The molecule has 0 aliphatic rings.